The third kappa shape index (κ3) is 3.82. The molecule has 2 rings (SSSR count). The molecule has 19 heavy (non-hydrogen) atoms. The van der Waals surface area contributed by atoms with E-state index in [2.05, 4.69) is 11.4 Å². The van der Waals surface area contributed by atoms with E-state index < -0.39 is 0 Å². The largest absolute Gasteiger partial charge is 0.353 e. The van der Waals surface area contributed by atoms with Gasteiger partial charge in [0.25, 0.3) is 0 Å². The number of carbonyl (C=O) groups is 1. The fraction of sp³-hybridized carbons (Fsp3) is 0.500. The molecule has 3 nitrogen and oxygen atoms in total. The van der Waals surface area contributed by atoms with Crippen molar-refractivity contribution in [1.82, 2.24) is 5.32 Å². The van der Waals surface area contributed by atoms with Crippen LogP contribution in [0, 0.1) is 24.2 Å². The van der Waals surface area contributed by atoms with Gasteiger partial charge in [-0.3, -0.25) is 4.79 Å². The van der Waals surface area contributed by atoms with Crippen molar-refractivity contribution in [2.75, 3.05) is 0 Å². The standard InChI is InChI=1S/C16H20N2O/c1-12-4-2-3-5-14(12)10-16(19)18-15-8-6-13(11-17)7-9-15/h2-5,13,15H,6-10H2,1H3,(H,18,19). The molecule has 0 saturated heterocycles. The Morgan fingerprint density at radius 2 is 2.00 bits per heavy atom. The lowest BCUT2D eigenvalue weighted by Gasteiger charge is -2.25. The fourth-order valence-electron chi connectivity index (χ4n) is 2.63. The summed E-state index contributed by atoms with van der Waals surface area (Å²) < 4.78 is 0. The summed E-state index contributed by atoms with van der Waals surface area (Å²) in [4.78, 5) is 12.0. The number of nitrogens with one attached hydrogen (secondary N) is 1. The number of rotatable bonds is 3. The topological polar surface area (TPSA) is 52.9 Å². The molecule has 1 aromatic carbocycles. The average molecular weight is 256 g/mol. The Morgan fingerprint density at radius 1 is 1.32 bits per heavy atom. The number of hydrogen-bond donors (Lipinski definition) is 1. The first-order valence-corrected chi connectivity index (χ1v) is 6.92. The van der Waals surface area contributed by atoms with Crippen LogP contribution in [0.15, 0.2) is 24.3 Å². The Hall–Kier alpha value is -1.82. The summed E-state index contributed by atoms with van der Waals surface area (Å²) in [5, 5.41) is 11.9. The van der Waals surface area contributed by atoms with Crippen LogP contribution in [0.5, 0.6) is 0 Å². The molecule has 1 aliphatic rings. The minimum Gasteiger partial charge on any atom is -0.353 e. The first-order valence-electron chi connectivity index (χ1n) is 6.92. The predicted molar refractivity (Wildman–Crippen MR) is 74.4 cm³/mol. The number of benzene rings is 1. The maximum absolute atomic E-state index is 12.0. The van der Waals surface area contributed by atoms with Gasteiger partial charge in [0.1, 0.15) is 0 Å². The van der Waals surface area contributed by atoms with Gasteiger partial charge in [-0.2, -0.15) is 5.26 Å². The van der Waals surface area contributed by atoms with Crippen molar-refractivity contribution in [2.45, 2.75) is 45.1 Å². The van der Waals surface area contributed by atoms with Gasteiger partial charge in [0, 0.05) is 12.0 Å². The second-order valence-electron chi connectivity index (χ2n) is 5.35. The normalized spacial score (nSPS) is 22.5. The minimum atomic E-state index is 0.0923. The van der Waals surface area contributed by atoms with E-state index in [1.807, 2.05) is 31.2 Å². The summed E-state index contributed by atoms with van der Waals surface area (Å²) in [6, 6.07) is 10.5. The van der Waals surface area contributed by atoms with Gasteiger partial charge in [0.15, 0.2) is 0 Å². The molecule has 1 N–H and O–H groups in total. The number of carbonyl (C=O) groups excluding carboxylic acids is 1. The van der Waals surface area contributed by atoms with Gasteiger partial charge in [0.05, 0.1) is 12.5 Å². The lowest BCUT2D eigenvalue weighted by Crippen LogP contribution is -2.38. The molecule has 3 heteroatoms. The molecule has 0 aromatic heterocycles. The molecule has 0 bridgehead atoms. The van der Waals surface area contributed by atoms with Crippen molar-refractivity contribution >= 4 is 5.91 Å². The number of hydrogen-bond acceptors (Lipinski definition) is 2. The summed E-state index contributed by atoms with van der Waals surface area (Å²) in [5.74, 6) is 0.277. The van der Waals surface area contributed by atoms with Gasteiger partial charge in [-0.1, -0.05) is 24.3 Å². The van der Waals surface area contributed by atoms with Gasteiger partial charge < -0.3 is 5.32 Å². The molecule has 0 atom stereocenters. The van der Waals surface area contributed by atoms with Crippen molar-refractivity contribution in [3.8, 4) is 6.07 Å². The van der Waals surface area contributed by atoms with Crippen molar-refractivity contribution < 1.29 is 4.79 Å². The van der Waals surface area contributed by atoms with E-state index in [1.165, 1.54) is 0 Å². The molecule has 0 aliphatic heterocycles. The molecule has 0 heterocycles. The van der Waals surface area contributed by atoms with E-state index in [-0.39, 0.29) is 17.9 Å². The van der Waals surface area contributed by atoms with Crippen LogP contribution in [0.1, 0.15) is 36.8 Å². The van der Waals surface area contributed by atoms with Crippen LogP contribution >= 0.6 is 0 Å². The van der Waals surface area contributed by atoms with Crippen LogP contribution < -0.4 is 5.32 Å². The Morgan fingerprint density at radius 3 is 2.63 bits per heavy atom. The Balaban J connectivity index is 1.83. The fourth-order valence-corrected chi connectivity index (χ4v) is 2.63. The lowest BCUT2D eigenvalue weighted by atomic mass is 9.87. The summed E-state index contributed by atoms with van der Waals surface area (Å²) in [6.07, 6.45) is 4.12. The van der Waals surface area contributed by atoms with E-state index in [4.69, 9.17) is 5.26 Å². The van der Waals surface area contributed by atoms with E-state index >= 15 is 0 Å². The number of aryl methyl sites for hydroxylation is 1. The summed E-state index contributed by atoms with van der Waals surface area (Å²) in [7, 11) is 0. The van der Waals surface area contributed by atoms with Crippen LogP contribution in [0.2, 0.25) is 0 Å². The molecule has 1 aromatic rings. The molecule has 1 saturated carbocycles. The Kier molecular flexibility index (Phi) is 4.57. The first-order chi connectivity index (χ1) is 9.19. The minimum absolute atomic E-state index is 0.0923. The van der Waals surface area contributed by atoms with Gasteiger partial charge in [-0.15, -0.1) is 0 Å². The first kappa shape index (κ1) is 13.6. The van der Waals surface area contributed by atoms with Crippen molar-refractivity contribution in [1.29, 1.82) is 5.26 Å². The molecule has 0 spiro atoms. The third-order valence-electron chi connectivity index (χ3n) is 3.89. The SMILES string of the molecule is Cc1ccccc1CC(=O)NC1CCC(C#N)CC1. The van der Waals surface area contributed by atoms with Gasteiger partial charge >= 0.3 is 0 Å². The Labute approximate surface area is 114 Å². The second-order valence-corrected chi connectivity index (χ2v) is 5.35. The highest BCUT2D eigenvalue weighted by Gasteiger charge is 2.22. The zero-order chi connectivity index (χ0) is 13.7. The maximum atomic E-state index is 12.0. The molecule has 0 radical (unpaired) electrons. The number of amides is 1. The van der Waals surface area contributed by atoms with Crippen LogP contribution in [-0.2, 0) is 11.2 Å². The quantitative estimate of drug-likeness (QED) is 0.904. The highest BCUT2D eigenvalue weighted by Crippen LogP contribution is 2.23. The van der Waals surface area contributed by atoms with Crippen LogP contribution in [0.4, 0.5) is 0 Å². The second kappa shape index (κ2) is 6.38. The van der Waals surface area contributed by atoms with Gasteiger partial charge in [-0.25, -0.2) is 0 Å². The third-order valence-corrected chi connectivity index (χ3v) is 3.89. The summed E-state index contributed by atoms with van der Waals surface area (Å²) >= 11 is 0. The number of nitrogens with zero attached hydrogens (tertiary/aromatic N) is 1. The zero-order valence-corrected chi connectivity index (χ0v) is 11.4. The molecular weight excluding hydrogens is 236 g/mol. The lowest BCUT2D eigenvalue weighted by molar-refractivity contribution is -0.121. The van der Waals surface area contributed by atoms with E-state index in [1.54, 1.807) is 0 Å². The predicted octanol–water partition coefficient (Wildman–Crippen LogP) is 2.74. The average Bonchev–Trinajstić information content (AvgIpc) is 2.42. The summed E-state index contributed by atoms with van der Waals surface area (Å²) in [5.41, 5.74) is 2.25. The van der Waals surface area contributed by atoms with E-state index in [0.29, 0.717) is 6.42 Å². The molecular formula is C16H20N2O. The molecule has 100 valence electrons. The van der Waals surface area contributed by atoms with Crippen molar-refractivity contribution in [3.63, 3.8) is 0 Å². The van der Waals surface area contributed by atoms with Crippen LogP contribution in [0.3, 0.4) is 0 Å². The molecule has 1 amide bonds. The van der Waals surface area contributed by atoms with Crippen LogP contribution in [0.25, 0.3) is 0 Å². The van der Waals surface area contributed by atoms with Crippen molar-refractivity contribution in [2.24, 2.45) is 5.92 Å². The smallest absolute Gasteiger partial charge is 0.224 e. The van der Waals surface area contributed by atoms with Crippen LogP contribution in [-0.4, -0.2) is 11.9 Å². The summed E-state index contributed by atoms with van der Waals surface area (Å²) in [6.45, 7) is 2.03. The molecule has 1 aliphatic carbocycles. The maximum Gasteiger partial charge on any atom is 0.224 e. The highest BCUT2D eigenvalue weighted by atomic mass is 16.1. The van der Waals surface area contributed by atoms with Crippen molar-refractivity contribution in [3.05, 3.63) is 35.4 Å². The number of nitriles is 1. The molecule has 0 unspecified atom stereocenters. The van der Waals surface area contributed by atoms with E-state index in [0.717, 1.165) is 36.8 Å². The zero-order valence-electron chi connectivity index (χ0n) is 11.4. The Bertz CT molecular complexity index is 482. The van der Waals surface area contributed by atoms with E-state index in [9.17, 15) is 4.79 Å². The molecule has 1 fully saturated rings. The van der Waals surface area contributed by atoms with Gasteiger partial charge in [0.2, 0.25) is 5.91 Å². The monoisotopic (exact) mass is 256 g/mol. The van der Waals surface area contributed by atoms with Gasteiger partial charge in [-0.05, 0) is 43.7 Å². The highest BCUT2D eigenvalue weighted by molar-refractivity contribution is 5.79.